The number of nitrogens with zero attached hydrogens (tertiary/aromatic N) is 2. The average molecular weight is 266 g/mol. The molecule has 4 nitrogen and oxygen atoms in total. The smallest absolute Gasteiger partial charge is 0.211 e. The molecule has 0 aliphatic heterocycles. The van der Waals surface area contributed by atoms with E-state index in [1.165, 1.54) is 6.21 Å². The van der Waals surface area contributed by atoms with Gasteiger partial charge in [-0.15, -0.1) is 5.10 Å². The van der Waals surface area contributed by atoms with Gasteiger partial charge in [0, 0.05) is 0 Å². The van der Waals surface area contributed by atoms with Gasteiger partial charge in [0.25, 0.3) is 0 Å². The molecule has 0 spiro atoms. The summed E-state index contributed by atoms with van der Waals surface area (Å²) < 4.78 is 0. The first-order valence-electron chi connectivity index (χ1n) is 3.77. The van der Waals surface area contributed by atoms with E-state index in [1.54, 1.807) is 12.1 Å². The molecule has 80 valence electrons. The number of benzene rings is 1. The molecule has 1 rings (SSSR count). The van der Waals surface area contributed by atoms with Gasteiger partial charge in [-0.2, -0.15) is 5.10 Å². The molecular formula is C8H7Cl3N4. The maximum absolute atomic E-state index is 5.80. The van der Waals surface area contributed by atoms with Crippen molar-refractivity contribution in [3.8, 4) is 0 Å². The summed E-state index contributed by atoms with van der Waals surface area (Å²) in [7, 11) is 0. The molecule has 0 atom stereocenters. The molecule has 0 aromatic heterocycles. The van der Waals surface area contributed by atoms with Crippen LogP contribution in [0.5, 0.6) is 0 Å². The maximum atomic E-state index is 5.80. The first kappa shape index (κ1) is 12.1. The molecule has 4 N–H and O–H groups in total. The SMILES string of the molecule is NC(N)=NN=Cc1cc(Cl)c(Cl)c(Cl)c1. The Kier molecular flexibility index (Phi) is 4.20. The Balaban J connectivity index is 2.98. The van der Waals surface area contributed by atoms with Crippen molar-refractivity contribution in [2.75, 3.05) is 0 Å². The molecule has 1 aromatic rings. The topological polar surface area (TPSA) is 76.8 Å². The summed E-state index contributed by atoms with van der Waals surface area (Å²) in [4.78, 5) is 0. The van der Waals surface area contributed by atoms with E-state index in [-0.39, 0.29) is 5.96 Å². The Morgan fingerprint density at radius 1 is 1.13 bits per heavy atom. The van der Waals surface area contributed by atoms with E-state index in [1.807, 2.05) is 0 Å². The van der Waals surface area contributed by atoms with Crippen LogP contribution in [0.15, 0.2) is 22.3 Å². The molecule has 15 heavy (non-hydrogen) atoms. The van der Waals surface area contributed by atoms with E-state index in [9.17, 15) is 0 Å². The van der Waals surface area contributed by atoms with Crippen molar-refractivity contribution in [3.63, 3.8) is 0 Å². The van der Waals surface area contributed by atoms with Crippen molar-refractivity contribution in [1.29, 1.82) is 0 Å². The predicted molar refractivity (Wildman–Crippen MR) is 64.9 cm³/mol. The Morgan fingerprint density at radius 3 is 2.13 bits per heavy atom. The Bertz CT molecular complexity index is 401. The Morgan fingerprint density at radius 2 is 1.67 bits per heavy atom. The first-order chi connectivity index (χ1) is 7.00. The number of hydrogen-bond acceptors (Lipinski definition) is 2. The number of rotatable bonds is 2. The summed E-state index contributed by atoms with van der Waals surface area (Å²) in [6.07, 6.45) is 1.41. The van der Waals surface area contributed by atoms with Gasteiger partial charge in [0.15, 0.2) is 0 Å². The van der Waals surface area contributed by atoms with Crippen LogP contribution in [0.25, 0.3) is 0 Å². The number of guanidine groups is 1. The summed E-state index contributed by atoms with van der Waals surface area (Å²) in [5.41, 5.74) is 10.8. The Hall–Kier alpha value is -0.970. The second-order valence-corrected chi connectivity index (χ2v) is 3.76. The van der Waals surface area contributed by atoms with Gasteiger partial charge in [-0.1, -0.05) is 34.8 Å². The quantitative estimate of drug-likeness (QED) is 0.372. The van der Waals surface area contributed by atoms with Gasteiger partial charge in [0.1, 0.15) is 0 Å². The van der Waals surface area contributed by atoms with Gasteiger partial charge < -0.3 is 11.5 Å². The zero-order valence-corrected chi connectivity index (χ0v) is 9.68. The zero-order valence-electron chi connectivity index (χ0n) is 7.42. The lowest BCUT2D eigenvalue weighted by Gasteiger charge is -1.99. The van der Waals surface area contributed by atoms with E-state index >= 15 is 0 Å². The standard InChI is InChI=1S/C8H7Cl3N4/c9-5-1-4(2-6(10)7(5)11)3-14-15-8(12)13/h1-3H,(H4,12,13,15). The number of halogens is 3. The third-order valence-corrected chi connectivity index (χ3v) is 2.58. The van der Waals surface area contributed by atoms with Crippen molar-refractivity contribution in [3.05, 3.63) is 32.8 Å². The number of nitrogens with two attached hydrogens (primary N) is 2. The molecule has 0 heterocycles. The largest absolute Gasteiger partial charge is 0.369 e. The Labute approximate surface area is 102 Å². The molecule has 0 fully saturated rings. The fraction of sp³-hybridized carbons (Fsp3) is 0. The van der Waals surface area contributed by atoms with Crippen LogP contribution in [0.2, 0.25) is 15.1 Å². The molecule has 0 aliphatic carbocycles. The fourth-order valence-electron chi connectivity index (χ4n) is 0.812. The van der Waals surface area contributed by atoms with Gasteiger partial charge in [-0.25, -0.2) is 0 Å². The second kappa shape index (κ2) is 5.21. The van der Waals surface area contributed by atoms with Gasteiger partial charge in [-0.05, 0) is 17.7 Å². The minimum atomic E-state index is -0.127. The van der Waals surface area contributed by atoms with Crippen LogP contribution in [0.4, 0.5) is 0 Å². The van der Waals surface area contributed by atoms with Crippen molar-refractivity contribution in [2.45, 2.75) is 0 Å². The molecule has 1 aromatic carbocycles. The molecular weight excluding hydrogens is 258 g/mol. The predicted octanol–water partition coefficient (Wildman–Crippen LogP) is 2.25. The first-order valence-corrected chi connectivity index (χ1v) is 4.90. The fourth-order valence-corrected chi connectivity index (χ4v) is 1.42. The zero-order chi connectivity index (χ0) is 11.4. The highest BCUT2D eigenvalue weighted by Crippen LogP contribution is 2.30. The highest BCUT2D eigenvalue weighted by Gasteiger charge is 2.04. The third kappa shape index (κ3) is 3.58. The van der Waals surface area contributed by atoms with Gasteiger partial charge in [-0.3, -0.25) is 0 Å². The van der Waals surface area contributed by atoms with Crippen molar-refractivity contribution < 1.29 is 0 Å². The third-order valence-electron chi connectivity index (χ3n) is 1.39. The summed E-state index contributed by atoms with van der Waals surface area (Å²) in [6, 6.07) is 3.20. The molecule has 0 unspecified atom stereocenters. The van der Waals surface area contributed by atoms with E-state index in [0.29, 0.717) is 20.6 Å². The summed E-state index contributed by atoms with van der Waals surface area (Å²) in [5, 5.41) is 8.02. The summed E-state index contributed by atoms with van der Waals surface area (Å²) in [5.74, 6) is -0.127. The summed E-state index contributed by atoms with van der Waals surface area (Å²) >= 11 is 17.4. The van der Waals surface area contributed by atoms with Crippen LogP contribution in [0.1, 0.15) is 5.56 Å². The lowest BCUT2D eigenvalue weighted by molar-refractivity contribution is 1.21. The van der Waals surface area contributed by atoms with E-state index in [2.05, 4.69) is 10.2 Å². The molecule has 0 radical (unpaired) electrons. The average Bonchev–Trinajstić information content (AvgIpc) is 2.13. The van der Waals surface area contributed by atoms with Gasteiger partial charge in [0.05, 0.1) is 21.3 Å². The molecule has 0 amide bonds. The van der Waals surface area contributed by atoms with Crippen LogP contribution < -0.4 is 11.5 Å². The highest BCUT2D eigenvalue weighted by atomic mass is 35.5. The monoisotopic (exact) mass is 264 g/mol. The van der Waals surface area contributed by atoms with E-state index in [0.717, 1.165) is 0 Å². The highest BCUT2D eigenvalue weighted by molar-refractivity contribution is 6.48. The minimum Gasteiger partial charge on any atom is -0.369 e. The van der Waals surface area contributed by atoms with Crippen LogP contribution in [0.3, 0.4) is 0 Å². The van der Waals surface area contributed by atoms with Crippen molar-refractivity contribution in [1.82, 2.24) is 0 Å². The molecule has 7 heteroatoms. The molecule has 0 bridgehead atoms. The van der Waals surface area contributed by atoms with Crippen LogP contribution in [0, 0.1) is 0 Å². The molecule has 0 saturated heterocycles. The molecule has 0 aliphatic rings. The number of hydrogen-bond donors (Lipinski definition) is 2. The maximum Gasteiger partial charge on any atom is 0.211 e. The normalized spacial score (nSPS) is 10.6. The molecule has 0 saturated carbocycles. The van der Waals surface area contributed by atoms with E-state index in [4.69, 9.17) is 46.3 Å². The van der Waals surface area contributed by atoms with E-state index < -0.39 is 0 Å². The van der Waals surface area contributed by atoms with Crippen LogP contribution >= 0.6 is 34.8 Å². The van der Waals surface area contributed by atoms with Crippen molar-refractivity contribution >= 4 is 47.0 Å². The van der Waals surface area contributed by atoms with Gasteiger partial charge >= 0.3 is 0 Å². The van der Waals surface area contributed by atoms with Crippen molar-refractivity contribution in [2.24, 2.45) is 21.7 Å². The summed E-state index contributed by atoms with van der Waals surface area (Å²) in [6.45, 7) is 0. The lowest BCUT2D eigenvalue weighted by Crippen LogP contribution is -2.21. The van der Waals surface area contributed by atoms with Gasteiger partial charge in [0.2, 0.25) is 5.96 Å². The minimum absolute atomic E-state index is 0.127. The second-order valence-electron chi connectivity index (χ2n) is 2.57. The van der Waals surface area contributed by atoms with Crippen LogP contribution in [-0.4, -0.2) is 12.2 Å². The lowest BCUT2D eigenvalue weighted by atomic mass is 10.2. The van der Waals surface area contributed by atoms with Crippen LogP contribution in [-0.2, 0) is 0 Å².